The number of hydrogen-bond acceptors (Lipinski definition) is 3. The van der Waals surface area contributed by atoms with E-state index in [0.717, 1.165) is 22.7 Å². The molecule has 0 N–H and O–H groups in total. The number of halogens is 1. The highest BCUT2D eigenvalue weighted by atomic mass is 79.9. The second kappa shape index (κ2) is 2.75. The zero-order chi connectivity index (χ0) is 8.84. The SMILES string of the molecule is Brc1ccc2c(c1)N1CCN=C1S2. The van der Waals surface area contributed by atoms with Crippen LogP contribution in [0.1, 0.15) is 0 Å². The van der Waals surface area contributed by atoms with Crippen LogP contribution < -0.4 is 4.90 Å². The summed E-state index contributed by atoms with van der Waals surface area (Å²) in [7, 11) is 0. The summed E-state index contributed by atoms with van der Waals surface area (Å²) < 4.78 is 1.14. The quantitative estimate of drug-likeness (QED) is 0.708. The molecule has 13 heavy (non-hydrogen) atoms. The van der Waals surface area contributed by atoms with Crippen LogP contribution in [0.5, 0.6) is 0 Å². The van der Waals surface area contributed by atoms with Gasteiger partial charge < -0.3 is 4.90 Å². The molecule has 0 saturated heterocycles. The molecule has 0 aliphatic carbocycles. The van der Waals surface area contributed by atoms with E-state index in [4.69, 9.17) is 0 Å². The Balaban J connectivity index is 2.16. The van der Waals surface area contributed by atoms with Gasteiger partial charge in [-0.15, -0.1) is 0 Å². The lowest BCUT2D eigenvalue weighted by atomic mass is 10.3. The minimum absolute atomic E-state index is 0.939. The van der Waals surface area contributed by atoms with Gasteiger partial charge in [0.15, 0.2) is 5.17 Å². The molecule has 0 aromatic heterocycles. The topological polar surface area (TPSA) is 15.6 Å². The van der Waals surface area contributed by atoms with Gasteiger partial charge in [0.1, 0.15) is 0 Å². The van der Waals surface area contributed by atoms with E-state index in [1.165, 1.54) is 10.6 Å². The van der Waals surface area contributed by atoms with Crippen LogP contribution in [0.3, 0.4) is 0 Å². The first-order valence-electron chi connectivity index (χ1n) is 4.14. The molecule has 0 bridgehead atoms. The van der Waals surface area contributed by atoms with Gasteiger partial charge in [-0.2, -0.15) is 0 Å². The Morgan fingerprint density at radius 2 is 2.38 bits per heavy atom. The maximum Gasteiger partial charge on any atom is 0.168 e. The van der Waals surface area contributed by atoms with Crippen molar-refractivity contribution in [3.05, 3.63) is 22.7 Å². The van der Waals surface area contributed by atoms with Crippen LogP contribution in [0.25, 0.3) is 0 Å². The number of aliphatic imine (C=N–C) groups is 1. The zero-order valence-electron chi connectivity index (χ0n) is 6.83. The Morgan fingerprint density at radius 1 is 1.46 bits per heavy atom. The van der Waals surface area contributed by atoms with Crippen molar-refractivity contribution in [2.75, 3.05) is 18.0 Å². The lowest BCUT2D eigenvalue weighted by molar-refractivity contribution is 1.01. The molecule has 0 atom stereocenters. The van der Waals surface area contributed by atoms with Gasteiger partial charge in [-0.05, 0) is 30.0 Å². The number of nitrogens with zero attached hydrogens (tertiary/aromatic N) is 2. The average Bonchev–Trinajstić information content (AvgIpc) is 2.64. The fraction of sp³-hybridized carbons (Fsp3) is 0.222. The van der Waals surface area contributed by atoms with E-state index in [1.807, 2.05) is 0 Å². The summed E-state index contributed by atoms with van der Waals surface area (Å²) in [4.78, 5) is 8.04. The molecule has 3 rings (SSSR count). The predicted molar refractivity (Wildman–Crippen MR) is 59.6 cm³/mol. The van der Waals surface area contributed by atoms with E-state index < -0.39 is 0 Å². The fourth-order valence-corrected chi connectivity index (χ4v) is 3.03. The molecule has 1 aromatic carbocycles. The van der Waals surface area contributed by atoms with Gasteiger partial charge in [-0.25, -0.2) is 0 Å². The highest BCUT2D eigenvalue weighted by Gasteiger charge is 2.29. The van der Waals surface area contributed by atoms with Crippen molar-refractivity contribution in [1.82, 2.24) is 0 Å². The fourth-order valence-electron chi connectivity index (χ4n) is 1.62. The Kier molecular flexibility index (Phi) is 1.67. The summed E-state index contributed by atoms with van der Waals surface area (Å²) in [6, 6.07) is 6.38. The minimum Gasteiger partial charge on any atom is -0.318 e. The van der Waals surface area contributed by atoms with E-state index in [1.54, 1.807) is 11.8 Å². The van der Waals surface area contributed by atoms with E-state index in [2.05, 4.69) is 44.0 Å². The molecule has 4 heteroatoms. The van der Waals surface area contributed by atoms with Gasteiger partial charge in [0.2, 0.25) is 0 Å². The first kappa shape index (κ1) is 7.88. The molecule has 0 fully saturated rings. The van der Waals surface area contributed by atoms with Crippen LogP contribution >= 0.6 is 27.7 Å². The van der Waals surface area contributed by atoms with E-state index in [9.17, 15) is 0 Å². The minimum atomic E-state index is 0.939. The van der Waals surface area contributed by atoms with Gasteiger partial charge in [0.25, 0.3) is 0 Å². The molecule has 0 unspecified atom stereocenters. The van der Waals surface area contributed by atoms with Crippen LogP contribution in [0.15, 0.2) is 32.6 Å². The highest BCUT2D eigenvalue weighted by Crippen LogP contribution is 2.42. The molecule has 2 heterocycles. The average molecular weight is 255 g/mol. The third-order valence-electron chi connectivity index (χ3n) is 2.21. The Hall–Kier alpha value is -0.480. The monoisotopic (exact) mass is 254 g/mol. The Labute approximate surface area is 89.2 Å². The molecule has 1 aromatic rings. The van der Waals surface area contributed by atoms with Crippen LogP contribution in [0, 0.1) is 0 Å². The third kappa shape index (κ3) is 1.12. The van der Waals surface area contributed by atoms with E-state index >= 15 is 0 Å². The van der Waals surface area contributed by atoms with Crippen LogP contribution in [-0.2, 0) is 0 Å². The Bertz CT molecular complexity index is 403. The van der Waals surface area contributed by atoms with E-state index in [0.29, 0.717) is 0 Å². The number of fused-ring (bicyclic) bond motifs is 3. The summed E-state index contributed by atoms with van der Waals surface area (Å²) in [6.07, 6.45) is 0. The van der Waals surface area contributed by atoms with Crippen molar-refractivity contribution in [2.24, 2.45) is 4.99 Å². The summed E-state index contributed by atoms with van der Waals surface area (Å²) in [5.41, 5.74) is 1.30. The summed E-state index contributed by atoms with van der Waals surface area (Å²) in [5.74, 6) is 0. The van der Waals surface area contributed by atoms with Crippen molar-refractivity contribution >= 4 is 38.5 Å². The number of benzene rings is 1. The van der Waals surface area contributed by atoms with E-state index in [-0.39, 0.29) is 0 Å². The number of amidine groups is 1. The smallest absolute Gasteiger partial charge is 0.168 e. The first-order chi connectivity index (χ1) is 6.34. The lowest BCUT2D eigenvalue weighted by Crippen LogP contribution is -2.20. The van der Waals surface area contributed by atoms with Crippen molar-refractivity contribution in [1.29, 1.82) is 0 Å². The molecular formula is C9H7BrN2S. The van der Waals surface area contributed by atoms with Crippen molar-refractivity contribution < 1.29 is 0 Å². The highest BCUT2D eigenvalue weighted by molar-refractivity contribution is 9.10. The summed E-state index contributed by atoms with van der Waals surface area (Å²) in [5, 5.41) is 1.16. The summed E-state index contributed by atoms with van der Waals surface area (Å²) in [6.45, 7) is 1.97. The summed E-state index contributed by atoms with van der Waals surface area (Å²) >= 11 is 5.26. The Morgan fingerprint density at radius 3 is 3.31 bits per heavy atom. The second-order valence-corrected chi connectivity index (χ2v) is 4.95. The van der Waals surface area contributed by atoms with Crippen molar-refractivity contribution in [3.63, 3.8) is 0 Å². The second-order valence-electron chi connectivity index (χ2n) is 3.03. The van der Waals surface area contributed by atoms with Crippen molar-refractivity contribution in [3.8, 4) is 0 Å². The maximum atomic E-state index is 4.43. The molecule has 0 radical (unpaired) electrons. The van der Waals surface area contributed by atoms with Gasteiger partial charge in [-0.3, -0.25) is 4.99 Å². The standard InChI is InChI=1S/C9H7BrN2S/c10-6-1-2-8-7(5-6)12-4-3-11-9(12)13-8/h1-2,5H,3-4H2. The van der Waals surface area contributed by atoms with Gasteiger partial charge in [0.05, 0.1) is 12.2 Å². The first-order valence-corrected chi connectivity index (χ1v) is 5.75. The molecule has 66 valence electrons. The molecule has 0 spiro atoms. The van der Waals surface area contributed by atoms with Gasteiger partial charge in [0, 0.05) is 15.9 Å². The molecule has 0 saturated carbocycles. The zero-order valence-corrected chi connectivity index (χ0v) is 9.23. The number of anilines is 1. The predicted octanol–water partition coefficient (Wildman–Crippen LogP) is 2.73. The largest absolute Gasteiger partial charge is 0.318 e. The molecular weight excluding hydrogens is 248 g/mol. The third-order valence-corrected chi connectivity index (χ3v) is 3.81. The number of thioether (sulfide) groups is 1. The van der Waals surface area contributed by atoms with Crippen LogP contribution in [-0.4, -0.2) is 18.3 Å². The lowest BCUT2D eigenvalue weighted by Gasteiger charge is -2.11. The van der Waals surface area contributed by atoms with Crippen LogP contribution in [0.4, 0.5) is 5.69 Å². The van der Waals surface area contributed by atoms with Crippen molar-refractivity contribution in [2.45, 2.75) is 4.90 Å². The van der Waals surface area contributed by atoms with Gasteiger partial charge in [-0.1, -0.05) is 15.9 Å². The molecule has 2 aliphatic heterocycles. The molecule has 2 nitrogen and oxygen atoms in total. The molecule has 0 amide bonds. The van der Waals surface area contributed by atoms with Gasteiger partial charge >= 0.3 is 0 Å². The normalized spacial score (nSPS) is 18.5. The van der Waals surface area contributed by atoms with Crippen LogP contribution in [0.2, 0.25) is 0 Å². The number of hydrogen-bond donors (Lipinski definition) is 0. The molecule has 2 aliphatic rings. The number of rotatable bonds is 0. The maximum absolute atomic E-state index is 4.43.